The van der Waals surface area contributed by atoms with Gasteiger partial charge in [0.1, 0.15) is 25.7 Å². The molecule has 0 aliphatic rings. The zero-order chi connectivity index (χ0) is 24.6. The normalized spacial score (nSPS) is 13.3. The molecule has 0 bridgehead atoms. The number of rotatable bonds is 7. The van der Waals surface area contributed by atoms with Crippen LogP contribution >= 0.6 is 11.6 Å². The van der Waals surface area contributed by atoms with Gasteiger partial charge < -0.3 is 19.5 Å². The third kappa shape index (κ3) is 4.87. The molecule has 1 atom stereocenters. The molecule has 178 valence electrons. The number of hydrogen-bond donors (Lipinski definition) is 2. The molecule has 3 rings (SSSR count). The Kier molecular flexibility index (Phi) is 7.38. The van der Waals surface area contributed by atoms with Gasteiger partial charge in [-0.3, -0.25) is 0 Å². The third-order valence-electron chi connectivity index (χ3n) is 6.61. The number of hydrogen-bond acceptors (Lipinski definition) is 4. The van der Waals surface area contributed by atoms with Gasteiger partial charge in [0.2, 0.25) is 0 Å². The standard InChI is InChI=1S/C25H32ClFN2O3Si/c1-25(2,3)33(5,6)24-28-20(13-14-30)22(29(24)18-10-8-17(27)9-11-18)23(31)16-7-12-19(26)21(15-16)32-4/h7-12,15,23,30-31H,13-14H2,1-6H3. The molecular weight excluding hydrogens is 459 g/mol. The van der Waals surface area contributed by atoms with Crippen LogP contribution in [0.15, 0.2) is 42.5 Å². The summed E-state index contributed by atoms with van der Waals surface area (Å²) in [7, 11) is -0.695. The van der Waals surface area contributed by atoms with Crippen LogP contribution in [0.5, 0.6) is 5.75 Å². The minimum Gasteiger partial charge on any atom is -0.495 e. The van der Waals surface area contributed by atoms with Crippen LogP contribution in [0.25, 0.3) is 5.69 Å². The highest BCUT2D eigenvalue weighted by atomic mass is 35.5. The first-order valence-electron chi connectivity index (χ1n) is 10.9. The van der Waals surface area contributed by atoms with Crippen molar-refractivity contribution < 1.29 is 19.3 Å². The summed E-state index contributed by atoms with van der Waals surface area (Å²) in [4.78, 5) is 5.00. The fourth-order valence-corrected chi connectivity index (χ4v) is 5.75. The molecule has 2 aromatic carbocycles. The van der Waals surface area contributed by atoms with Crippen LogP contribution in [0.2, 0.25) is 23.2 Å². The van der Waals surface area contributed by atoms with E-state index in [4.69, 9.17) is 21.3 Å². The molecule has 0 saturated carbocycles. The Bertz CT molecular complexity index is 1120. The van der Waals surface area contributed by atoms with E-state index in [1.165, 1.54) is 19.2 Å². The molecule has 0 amide bonds. The number of nitrogens with zero attached hydrogens (tertiary/aromatic N) is 2. The minimum atomic E-state index is -2.22. The van der Waals surface area contributed by atoms with Crippen LogP contribution in [0, 0.1) is 5.82 Å². The van der Waals surface area contributed by atoms with E-state index in [0.29, 0.717) is 33.4 Å². The second-order valence-electron chi connectivity index (χ2n) is 9.72. The van der Waals surface area contributed by atoms with E-state index >= 15 is 0 Å². The van der Waals surface area contributed by atoms with Gasteiger partial charge in [-0.25, -0.2) is 9.37 Å². The number of aliphatic hydroxyl groups is 2. The fourth-order valence-electron chi connectivity index (χ4n) is 3.66. The second kappa shape index (κ2) is 9.58. The summed E-state index contributed by atoms with van der Waals surface area (Å²) >= 11 is 6.20. The van der Waals surface area contributed by atoms with Crippen LogP contribution in [0.4, 0.5) is 4.39 Å². The molecular formula is C25H32ClFN2O3Si. The molecule has 0 aliphatic carbocycles. The fraction of sp³-hybridized carbons (Fsp3) is 0.400. The van der Waals surface area contributed by atoms with Gasteiger partial charge in [0.05, 0.1) is 29.0 Å². The zero-order valence-corrected chi connectivity index (χ0v) is 21.7. The van der Waals surface area contributed by atoms with Gasteiger partial charge in [-0.2, -0.15) is 0 Å². The maximum absolute atomic E-state index is 13.8. The Labute approximate surface area is 200 Å². The topological polar surface area (TPSA) is 67.5 Å². The van der Waals surface area contributed by atoms with Crippen molar-refractivity contribution in [1.82, 2.24) is 9.55 Å². The average Bonchev–Trinajstić information content (AvgIpc) is 3.13. The monoisotopic (exact) mass is 490 g/mol. The second-order valence-corrected chi connectivity index (χ2v) is 15.3. The summed E-state index contributed by atoms with van der Waals surface area (Å²) < 4.78 is 21.1. The lowest BCUT2D eigenvalue weighted by Gasteiger charge is -2.36. The number of methoxy groups -OCH3 is 1. The van der Waals surface area contributed by atoms with Gasteiger partial charge >= 0.3 is 0 Å². The molecule has 5 nitrogen and oxygen atoms in total. The average molecular weight is 491 g/mol. The third-order valence-corrected chi connectivity index (χ3v) is 12.1. The number of ether oxygens (including phenoxy) is 1. The van der Waals surface area contributed by atoms with E-state index < -0.39 is 14.2 Å². The molecule has 1 unspecified atom stereocenters. The van der Waals surface area contributed by atoms with Crippen LogP contribution in [0.3, 0.4) is 0 Å². The quantitative estimate of drug-likeness (QED) is 0.457. The van der Waals surface area contributed by atoms with Gasteiger partial charge in [-0.1, -0.05) is 51.5 Å². The maximum Gasteiger partial charge on any atom is 0.137 e. The zero-order valence-electron chi connectivity index (χ0n) is 20.0. The lowest BCUT2D eigenvalue weighted by atomic mass is 10.0. The van der Waals surface area contributed by atoms with E-state index in [2.05, 4.69) is 33.9 Å². The molecule has 0 radical (unpaired) electrons. The molecule has 8 heteroatoms. The van der Waals surface area contributed by atoms with Crippen molar-refractivity contribution in [2.75, 3.05) is 13.7 Å². The molecule has 3 aromatic rings. The van der Waals surface area contributed by atoms with Crippen LogP contribution < -0.4 is 10.2 Å². The Balaban J connectivity index is 2.35. The van der Waals surface area contributed by atoms with Crippen molar-refractivity contribution in [2.24, 2.45) is 0 Å². The summed E-state index contributed by atoms with van der Waals surface area (Å²) in [5, 5.41) is 21.8. The summed E-state index contributed by atoms with van der Waals surface area (Å²) in [5.41, 5.74) is 3.33. The Morgan fingerprint density at radius 2 is 1.79 bits per heavy atom. The van der Waals surface area contributed by atoms with Crippen LogP contribution in [-0.2, 0) is 6.42 Å². The number of imidazole rings is 1. The SMILES string of the molecule is COc1cc(C(O)c2c(CCO)nc([Si](C)(C)C(C)(C)C)n2-c2ccc(F)cc2)ccc1Cl. The summed E-state index contributed by atoms with van der Waals surface area (Å²) in [6.07, 6.45) is -0.777. The van der Waals surface area contributed by atoms with Crippen molar-refractivity contribution >= 4 is 25.1 Å². The van der Waals surface area contributed by atoms with E-state index in [1.54, 1.807) is 30.3 Å². The Hall–Kier alpha value is -2.19. The molecule has 0 aliphatic heterocycles. The van der Waals surface area contributed by atoms with Crippen molar-refractivity contribution in [3.05, 3.63) is 70.3 Å². The van der Waals surface area contributed by atoms with Gasteiger partial charge in [0.15, 0.2) is 0 Å². The van der Waals surface area contributed by atoms with Gasteiger partial charge in [-0.15, -0.1) is 0 Å². The van der Waals surface area contributed by atoms with Gasteiger partial charge in [-0.05, 0) is 47.0 Å². The highest BCUT2D eigenvalue weighted by molar-refractivity contribution is 6.91. The number of aromatic nitrogens is 2. The predicted molar refractivity (Wildman–Crippen MR) is 133 cm³/mol. The smallest absolute Gasteiger partial charge is 0.137 e. The highest BCUT2D eigenvalue weighted by Gasteiger charge is 2.43. The summed E-state index contributed by atoms with van der Waals surface area (Å²) in [6.45, 7) is 10.9. The Morgan fingerprint density at radius 3 is 2.33 bits per heavy atom. The maximum atomic E-state index is 13.8. The first-order valence-corrected chi connectivity index (χ1v) is 14.3. The summed E-state index contributed by atoms with van der Waals surface area (Å²) in [6, 6.07) is 11.3. The molecule has 0 fully saturated rings. The van der Waals surface area contributed by atoms with Crippen molar-refractivity contribution in [3.63, 3.8) is 0 Å². The molecule has 0 saturated heterocycles. The van der Waals surface area contributed by atoms with E-state index in [9.17, 15) is 14.6 Å². The van der Waals surface area contributed by atoms with Crippen molar-refractivity contribution in [3.8, 4) is 11.4 Å². The lowest BCUT2D eigenvalue weighted by molar-refractivity contribution is 0.210. The van der Waals surface area contributed by atoms with Gasteiger partial charge in [0.25, 0.3) is 0 Å². The van der Waals surface area contributed by atoms with Crippen molar-refractivity contribution in [1.29, 1.82) is 0 Å². The molecule has 2 N–H and O–H groups in total. The van der Waals surface area contributed by atoms with E-state index in [1.807, 2.05) is 4.57 Å². The number of halogens is 2. The molecule has 33 heavy (non-hydrogen) atoms. The lowest BCUT2D eigenvalue weighted by Crippen LogP contribution is -2.54. The van der Waals surface area contributed by atoms with Crippen LogP contribution in [-0.4, -0.2) is 41.6 Å². The first kappa shape index (κ1) is 25.4. The first-order chi connectivity index (χ1) is 15.4. The molecule has 1 heterocycles. The highest BCUT2D eigenvalue weighted by Crippen LogP contribution is 2.38. The molecule has 1 aromatic heterocycles. The molecule has 0 spiro atoms. The minimum absolute atomic E-state index is 0.0433. The Morgan fingerprint density at radius 1 is 1.15 bits per heavy atom. The van der Waals surface area contributed by atoms with Crippen molar-refractivity contribution in [2.45, 2.75) is 51.4 Å². The van der Waals surface area contributed by atoms with E-state index in [-0.39, 0.29) is 23.9 Å². The number of aliphatic hydroxyl groups excluding tert-OH is 2. The van der Waals surface area contributed by atoms with E-state index in [0.717, 1.165) is 5.45 Å². The summed E-state index contributed by atoms with van der Waals surface area (Å²) in [5.74, 6) is 0.113. The number of benzene rings is 2. The van der Waals surface area contributed by atoms with Crippen LogP contribution in [0.1, 0.15) is 43.8 Å². The predicted octanol–water partition coefficient (Wildman–Crippen LogP) is 5.01. The largest absolute Gasteiger partial charge is 0.495 e. The van der Waals surface area contributed by atoms with Gasteiger partial charge in [0, 0.05) is 18.7 Å².